The van der Waals surface area contributed by atoms with Crippen LogP contribution in [0.5, 0.6) is 0 Å². The zero-order valence-corrected chi connectivity index (χ0v) is 14.2. The number of nitrogens with one attached hydrogen (secondary N) is 1. The number of aromatic nitrogens is 5. The van der Waals surface area contributed by atoms with E-state index in [1.165, 1.54) is 11.0 Å². The van der Waals surface area contributed by atoms with Gasteiger partial charge in [0.25, 0.3) is 5.56 Å². The number of carbonyl (C=O) groups is 1. The van der Waals surface area contributed by atoms with Crippen molar-refractivity contribution in [1.82, 2.24) is 24.5 Å². The van der Waals surface area contributed by atoms with E-state index in [4.69, 9.17) is 0 Å². The molecule has 0 spiro atoms. The van der Waals surface area contributed by atoms with Crippen molar-refractivity contribution in [2.75, 3.05) is 5.32 Å². The predicted octanol–water partition coefficient (Wildman–Crippen LogP) is 1.89. The average molecular weight is 382 g/mol. The lowest BCUT2D eigenvalue weighted by atomic mass is 10.3. The highest BCUT2D eigenvalue weighted by Crippen LogP contribution is 2.15. The van der Waals surface area contributed by atoms with Crippen molar-refractivity contribution in [3.05, 3.63) is 76.8 Å². The smallest absolute Gasteiger partial charge is 0.284 e. The van der Waals surface area contributed by atoms with E-state index in [0.717, 1.165) is 16.7 Å². The van der Waals surface area contributed by atoms with Crippen molar-refractivity contribution in [3.63, 3.8) is 0 Å². The average Bonchev–Trinajstić information content (AvgIpc) is 3.12. The summed E-state index contributed by atoms with van der Waals surface area (Å²) in [6.45, 7) is -0.420. The molecule has 1 N–H and O–H groups in total. The van der Waals surface area contributed by atoms with Crippen LogP contribution in [0.4, 0.5) is 14.5 Å². The first-order chi connectivity index (χ1) is 13.5. The van der Waals surface area contributed by atoms with Gasteiger partial charge >= 0.3 is 0 Å². The summed E-state index contributed by atoms with van der Waals surface area (Å²) in [6.07, 6.45) is 1.19. The minimum atomic E-state index is -0.917. The Kier molecular flexibility index (Phi) is 4.36. The van der Waals surface area contributed by atoms with Crippen LogP contribution in [-0.2, 0) is 11.3 Å². The van der Waals surface area contributed by atoms with Crippen LogP contribution in [-0.4, -0.2) is 30.5 Å². The Hall–Kier alpha value is -3.95. The molecule has 2 aromatic carbocycles. The number of anilines is 1. The van der Waals surface area contributed by atoms with Gasteiger partial charge in [0.05, 0.1) is 11.4 Å². The zero-order valence-electron chi connectivity index (χ0n) is 14.2. The summed E-state index contributed by atoms with van der Waals surface area (Å²) >= 11 is 0. The number of halogens is 2. The SMILES string of the molecule is O=C(Cn1cnc2c(nnn2-c2ccccc2)c1=O)Nc1ccc(F)cc1F. The molecule has 2 heterocycles. The molecule has 4 rings (SSSR count). The lowest BCUT2D eigenvalue weighted by Crippen LogP contribution is -2.28. The zero-order chi connectivity index (χ0) is 19.7. The Bertz CT molecular complexity index is 1240. The van der Waals surface area contributed by atoms with Gasteiger partial charge in [0.15, 0.2) is 11.2 Å². The fourth-order valence-corrected chi connectivity index (χ4v) is 2.63. The van der Waals surface area contributed by atoms with Gasteiger partial charge in [-0.15, -0.1) is 5.10 Å². The van der Waals surface area contributed by atoms with Crippen molar-refractivity contribution < 1.29 is 13.6 Å². The van der Waals surface area contributed by atoms with E-state index >= 15 is 0 Å². The summed E-state index contributed by atoms with van der Waals surface area (Å²) in [5.74, 6) is -2.35. The maximum atomic E-state index is 13.6. The molecule has 8 nitrogen and oxygen atoms in total. The largest absolute Gasteiger partial charge is 0.322 e. The van der Waals surface area contributed by atoms with Crippen molar-refractivity contribution in [3.8, 4) is 5.69 Å². The fraction of sp³-hybridized carbons (Fsp3) is 0.0556. The van der Waals surface area contributed by atoms with E-state index in [2.05, 4.69) is 20.6 Å². The highest BCUT2D eigenvalue weighted by Gasteiger charge is 2.15. The third-order valence-electron chi connectivity index (χ3n) is 3.95. The number of nitrogens with zero attached hydrogens (tertiary/aromatic N) is 5. The molecule has 0 aliphatic heterocycles. The van der Waals surface area contributed by atoms with E-state index in [9.17, 15) is 18.4 Å². The predicted molar refractivity (Wildman–Crippen MR) is 95.9 cm³/mol. The lowest BCUT2D eigenvalue weighted by molar-refractivity contribution is -0.116. The molecule has 0 atom stereocenters. The van der Waals surface area contributed by atoms with Crippen LogP contribution in [0.1, 0.15) is 0 Å². The standard InChI is InChI=1S/C18H12F2N6O2/c19-11-6-7-14(13(20)8-11)22-15(27)9-25-10-21-17-16(18(25)28)23-24-26(17)12-4-2-1-3-5-12/h1-8,10H,9H2,(H,22,27). The van der Waals surface area contributed by atoms with Crippen LogP contribution in [0.15, 0.2) is 59.7 Å². The summed E-state index contributed by atoms with van der Waals surface area (Å²) < 4.78 is 29.0. The number of hydrogen-bond acceptors (Lipinski definition) is 5. The molecule has 140 valence electrons. The van der Waals surface area contributed by atoms with Gasteiger partial charge in [-0.3, -0.25) is 14.2 Å². The van der Waals surface area contributed by atoms with Crippen molar-refractivity contribution in [1.29, 1.82) is 0 Å². The minimum absolute atomic E-state index is 0.00730. The third kappa shape index (κ3) is 3.22. The van der Waals surface area contributed by atoms with E-state index in [1.807, 2.05) is 18.2 Å². The summed E-state index contributed by atoms with van der Waals surface area (Å²) in [4.78, 5) is 28.9. The topological polar surface area (TPSA) is 94.7 Å². The van der Waals surface area contributed by atoms with Gasteiger partial charge in [0, 0.05) is 6.07 Å². The third-order valence-corrected chi connectivity index (χ3v) is 3.95. The van der Waals surface area contributed by atoms with Gasteiger partial charge in [-0.2, -0.15) is 4.68 Å². The maximum absolute atomic E-state index is 13.6. The molecule has 1 amide bonds. The van der Waals surface area contributed by atoms with Gasteiger partial charge in [-0.1, -0.05) is 23.4 Å². The van der Waals surface area contributed by atoms with Crippen LogP contribution in [0.3, 0.4) is 0 Å². The normalized spacial score (nSPS) is 10.9. The van der Waals surface area contributed by atoms with Crippen LogP contribution in [0.2, 0.25) is 0 Å². The Labute approximate surface area is 156 Å². The monoisotopic (exact) mass is 382 g/mol. The second-order valence-electron chi connectivity index (χ2n) is 5.86. The van der Waals surface area contributed by atoms with Gasteiger partial charge in [0.2, 0.25) is 5.91 Å². The van der Waals surface area contributed by atoms with Crippen LogP contribution >= 0.6 is 0 Å². The van der Waals surface area contributed by atoms with E-state index < -0.39 is 29.6 Å². The van der Waals surface area contributed by atoms with Crippen LogP contribution < -0.4 is 10.9 Å². The lowest BCUT2D eigenvalue weighted by Gasteiger charge is -2.08. The number of rotatable bonds is 4. The molecule has 4 aromatic rings. The second kappa shape index (κ2) is 6.99. The first-order valence-electron chi connectivity index (χ1n) is 8.14. The first-order valence-corrected chi connectivity index (χ1v) is 8.14. The van der Waals surface area contributed by atoms with E-state index in [1.54, 1.807) is 12.1 Å². The molecular formula is C18H12F2N6O2. The molecule has 2 aromatic heterocycles. The highest BCUT2D eigenvalue weighted by molar-refractivity contribution is 5.90. The summed E-state index contributed by atoms with van der Waals surface area (Å²) in [5, 5.41) is 10.1. The fourth-order valence-electron chi connectivity index (χ4n) is 2.63. The number of carbonyl (C=O) groups excluding carboxylic acids is 1. The number of fused-ring (bicyclic) bond motifs is 1. The molecule has 0 saturated carbocycles. The van der Waals surface area contributed by atoms with Gasteiger partial charge < -0.3 is 5.32 Å². The molecule has 0 aliphatic rings. The number of amides is 1. The Morgan fingerprint density at radius 2 is 1.89 bits per heavy atom. The highest BCUT2D eigenvalue weighted by atomic mass is 19.1. The van der Waals surface area contributed by atoms with E-state index in [0.29, 0.717) is 11.8 Å². The van der Waals surface area contributed by atoms with E-state index in [-0.39, 0.29) is 16.9 Å². The Balaban J connectivity index is 1.60. The molecule has 0 fully saturated rings. The molecule has 0 bridgehead atoms. The Morgan fingerprint density at radius 3 is 2.64 bits per heavy atom. The summed E-state index contributed by atoms with van der Waals surface area (Å²) in [6, 6.07) is 11.8. The van der Waals surface area contributed by atoms with Gasteiger partial charge in [-0.05, 0) is 24.3 Å². The molecule has 0 saturated heterocycles. The number of benzene rings is 2. The molecule has 10 heteroatoms. The van der Waals surface area contributed by atoms with Gasteiger partial charge in [0.1, 0.15) is 24.5 Å². The molecule has 0 radical (unpaired) electrons. The van der Waals surface area contributed by atoms with Gasteiger partial charge in [-0.25, -0.2) is 13.8 Å². The number of hydrogen-bond donors (Lipinski definition) is 1. The molecule has 28 heavy (non-hydrogen) atoms. The van der Waals surface area contributed by atoms with Crippen LogP contribution in [0.25, 0.3) is 16.9 Å². The molecule has 0 aliphatic carbocycles. The van der Waals surface area contributed by atoms with Crippen LogP contribution in [0, 0.1) is 11.6 Å². The maximum Gasteiger partial charge on any atom is 0.284 e. The number of para-hydroxylation sites is 1. The summed E-state index contributed by atoms with van der Waals surface area (Å²) in [7, 11) is 0. The van der Waals surface area contributed by atoms with Crippen molar-refractivity contribution >= 4 is 22.8 Å². The van der Waals surface area contributed by atoms with Crippen molar-refractivity contribution in [2.45, 2.75) is 6.54 Å². The van der Waals surface area contributed by atoms with Crippen molar-refractivity contribution in [2.24, 2.45) is 0 Å². The minimum Gasteiger partial charge on any atom is -0.322 e. The first kappa shape index (κ1) is 17.5. The second-order valence-corrected chi connectivity index (χ2v) is 5.86. The Morgan fingerprint density at radius 1 is 1.11 bits per heavy atom. The molecular weight excluding hydrogens is 370 g/mol. The quantitative estimate of drug-likeness (QED) is 0.582. The molecule has 0 unspecified atom stereocenters. The summed E-state index contributed by atoms with van der Waals surface area (Å²) in [5.41, 5.74) is 0.161.